The molecule has 0 atom stereocenters. The van der Waals surface area contributed by atoms with Gasteiger partial charge in [-0.05, 0) is 60.5 Å². The summed E-state index contributed by atoms with van der Waals surface area (Å²) in [6, 6.07) is 12.3. The van der Waals surface area contributed by atoms with Crippen LogP contribution in [-0.2, 0) is 0 Å². The van der Waals surface area contributed by atoms with Crippen LogP contribution in [0.25, 0.3) is 0 Å². The third kappa shape index (κ3) is 4.02. The van der Waals surface area contributed by atoms with E-state index in [0.29, 0.717) is 11.0 Å². The molecule has 0 aliphatic rings. The van der Waals surface area contributed by atoms with E-state index in [1.54, 1.807) is 12.1 Å². The Kier molecular flexibility index (Phi) is 4.91. The molecule has 0 bridgehead atoms. The van der Waals surface area contributed by atoms with Gasteiger partial charge in [0.25, 0.3) is 0 Å². The van der Waals surface area contributed by atoms with E-state index in [0.717, 1.165) is 16.9 Å². The van der Waals surface area contributed by atoms with Crippen LogP contribution in [0.2, 0.25) is 0 Å². The molecule has 2 nitrogen and oxygen atoms in total. The van der Waals surface area contributed by atoms with E-state index >= 15 is 0 Å². The second-order valence-electron chi connectivity index (χ2n) is 5.28. The van der Waals surface area contributed by atoms with Gasteiger partial charge >= 0.3 is 0 Å². The van der Waals surface area contributed by atoms with Gasteiger partial charge in [0.15, 0.2) is 5.11 Å². The van der Waals surface area contributed by atoms with Gasteiger partial charge in [0, 0.05) is 11.4 Å². The average molecular weight is 302 g/mol. The zero-order valence-corrected chi connectivity index (χ0v) is 13.2. The molecule has 0 spiro atoms. The van der Waals surface area contributed by atoms with Gasteiger partial charge in [0.05, 0.1) is 0 Å². The van der Waals surface area contributed by atoms with Crippen molar-refractivity contribution in [3.8, 4) is 0 Å². The van der Waals surface area contributed by atoms with Crippen LogP contribution in [0.15, 0.2) is 42.5 Å². The number of thiocarbonyl (C=S) groups is 1. The average Bonchev–Trinajstić information content (AvgIpc) is 2.43. The topological polar surface area (TPSA) is 24.1 Å². The largest absolute Gasteiger partial charge is 0.332 e. The predicted molar refractivity (Wildman–Crippen MR) is 91.5 cm³/mol. The number of aryl methyl sites for hydroxylation is 1. The Morgan fingerprint density at radius 3 is 2.33 bits per heavy atom. The number of hydrogen-bond acceptors (Lipinski definition) is 1. The predicted octanol–water partition coefficient (Wildman–Crippen LogP) is 5.07. The van der Waals surface area contributed by atoms with E-state index < -0.39 is 0 Å². The molecule has 4 heteroatoms. The molecule has 0 saturated carbocycles. The minimum atomic E-state index is -0.263. The summed E-state index contributed by atoms with van der Waals surface area (Å²) in [5.41, 5.74) is 4.16. The molecule has 2 rings (SSSR count). The second-order valence-corrected chi connectivity index (χ2v) is 5.69. The fraction of sp³-hybridized carbons (Fsp3) is 0.235. The van der Waals surface area contributed by atoms with Crippen LogP contribution >= 0.6 is 12.2 Å². The Bertz CT molecular complexity index is 636. The molecule has 2 aromatic carbocycles. The molecule has 21 heavy (non-hydrogen) atoms. The third-order valence-corrected chi connectivity index (χ3v) is 3.47. The van der Waals surface area contributed by atoms with Gasteiger partial charge in [-0.15, -0.1) is 0 Å². The van der Waals surface area contributed by atoms with Crippen LogP contribution in [-0.4, -0.2) is 5.11 Å². The molecule has 2 aromatic rings. The lowest BCUT2D eigenvalue weighted by molar-refractivity contribution is 0.628. The van der Waals surface area contributed by atoms with Gasteiger partial charge < -0.3 is 10.6 Å². The first-order valence-electron chi connectivity index (χ1n) is 6.90. The molecule has 2 N–H and O–H groups in total. The monoisotopic (exact) mass is 302 g/mol. The van der Waals surface area contributed by atoms with E-state index in [9.17, 15) is 4.39 Å². The quantitative estimate of drug-likeness (QED) is 0.774. The summed E-state index contributed by atoms with van der Waals surface area (Å²) < 4.78 is 12.9. The molecule has 0 heterocycles. The zero-order chi connectivity index (χ0) is 15.4. The van der Waals surface area contributed by atoms with Gasteiger partial charge in [-0.25, -0.2) is 4.39 Å². The number of halogens is 1. The van der Waals surface area contributed by atoms with Gasteiger partial charge in [-0.3, -0.25) is 0 Å². The van der Waals surface area contributed by atoms with Crippen molar-refractivity contribution < 1.29 is 4.39 Å². The van der Waals surface area contributed by atoms with Crippen molar-refractivity contribution in [3.05, 3.63) is 59.4 Å². The van der Waals surface area contributed by atoms with E-state index in [1.807, 2.05) is 6.07 Å². The summed E-state index contributed by atoms with van der Waals surface area (Å²) in [6.45, 7) is 6.35. The molecule has 0 radical (unpaired) electrons. The summed E-state index contributed by atoms with van der Waals surface area (Å²) in [5.74, 6) is 0.140. The maximum atomic E-state index is 12.9. The lowest BCUT2D eigenvalue weighted by Gasteiger charge is -2.18. The van der Waals surface area contributed by atoms with E-state index in [2.05, 4.69) is 43.5 Å². The van der Waals surface area contributed by atoms with Crippen molar-refractivity contribution in [3.63, 3.8) is 0 Å². The fourth-order valence-corrected chi connectivity index (χ4v) is 2.37. The van der Waals surface area contributed by atoms with Crippen LogP contribution in [0.3, 0.4) is 0 Å². The number of benzene rings is 2. The third-order valence-electron chi connectivity index (χ3n) is 3.27. The molecule has 0 aliphatic heterocycles. The maximum Gasteiger partial charge on any atom is 0.175 e. The zero-order valence-electron chi connectivity index (χ0n) is 12.4. The maximum absolute atomic E-state index is 12.9. The van der Waals surface area contributed by atoms with Crippen molar-refractivity contribution in [1.29, 1.82) is 0 Å². The fourth-order valence-electron chi connectivity index (χ4n) is 2.15. The summed E-state index contributed by atoms with van der Waals surface area (Å²) in [4.78, 5) is 0. The smallest absolute Gasteiger partial charge is 0.175 e. The van der Waals surface area contributed by atoms with Crippen molar-refractivity contribution in [1.82, 2.24) is 0 Å². The van der Waals surface area contributed by atoms with Crippen LogP contribution in [0, 0.1) is 12.7 Å². The van der Waals surface area contributed by atoms with Crippen molar-refractivity contribution in [2.75, 3.05) is 10.6 Å². The number of rotatable bonds is 3. The molecule has 0 amide bonds. The standard InChI is InChI=1S/C17H19FN2S/c1-11(2)15-6-4-5-12(3)16(15)20-17(21)19-14-9-7-13(18)8-10-14/h4-11H,1-3H3,(H2,19,20,21). The molecule has 0 aliphatic carbocycles. The molecule has 0 aromatic heterocycles. The molecular weight excluding hydrogens is 283 g/mol. The SMILES string of the molecule is Cc1cccc(C(C)C)c1NC(=S)Nc1ccc(F)cc1. The van der Waals surface area contributed by atoms with E-state index in [4.69, 9.17) is 12.2 Å². The Morgan fingerprint density at radius 1 is 1.05 bits per heavy atom. The number of para-hydroxylation sites is 1. The summed E-state index contributed by atoms with van der Waals surface area (Å²) >= 11 is 5.34. The molecule has 0 fully saturated rings. The summed E-state index contributed by atoms with van der Waals surface area (Å²) in [6.07, 6.45) is 0. The first-order valence-corrected chi connectivity index (χ1v) is 7.31. The van der Waals surface area contributed by atoms with Crippen molar-refractivity contribution in [2.45, 2.75) is 26.7 Å². The molecule has 0 saturated heterocycles. The lowest BCUT2D eigenvalue weighted by atomic mass is 9.98. The first kappa shape index (κ1) is 15.4. The van der Waals surface area contributed by atoms with Crippen LogP contribution < -0.4 is 10.6 Å². The number of anilines is 2. The molecule has 110 valence electrons. The summed E-state index contributed by atoms with van der Waals surface area (Å²) in [5, 5.41) is 6.81. The van der Waals surface area contributed by atoms with Crippen LogP contribution in [0.4, 0.5) is 15.8 Å². The number of hydrogen-bond donors (Lipinski definition) is 2. The van der Waals surface area contributed by atoms with Gasteiger partial charge in [0.1, 0.15) is 5.82 Å². The van der Waals surface area contributed by atoms with Crippen molar-refractivity contribution in [2.24, 2.45) is 0 Å². The highest BCUT2D eigenvalue weighted by Crippen LogP contribution is 2.27. The highest BCUT2D eigenvalue weighted by molar-refractivity contribution is 7.80. The Balaban J connectivity index is 2.14. The van der Waals surface area contributed by atoms with Crippen molar-refractivity contribution >= 4 is 28.7 Å². The van der Waals surface area contributed by atoms with Gasteiger partial charge in [-0.2, -0.15) is 0 Å². The van der Waals surface area contributed by atoms with Gasteiger partial charge in [-0.1, -0.05) is 32.0 Å². The van der Waals surface area contributed by atoms with Crippen LogP contribution in [0.1, 0.15) is 30.9 Å². The first-order chi connectivity index (χ1) is 9.97. The molecule has 0 unspecified atom stereocenters. The Morgan fingerprint density at radius 2 is 1.71 bits per heavy atom. The Hall–Kier alpha value is -1.94. The molecular formula is C17H19FN2S. The normalized spacial score (nSPS) is 10.5. The highest BCUT2D eigenvalue weighted by atomic mass is 32.1. The van der Waals surface area contributed by atoms with Gasteiger partial charge in [0.2, 0.25) is 0 Å². The minimum Gasteiger partial charge on any atom is -0.332 e. The summed E-state index contributed by atoms with van der Waals surface area (Å²) in [7, 11) is 0. The minimum absolute atomic E-state index is 0.263. The highest BCUT2D eigenvalue weighted by Gasteiger charge is 2.10. The second kappa shape index (κ2) is 6.68. The Labute approximate surface area is 130 Å². The lowest BCUT2D eigenvalue weighted by Crippen LogP contribution is -2.20. The van der Waals surface area contributed by atoms with Crippen LogP contribution in [0.5, 0.6) is 0 Å². The number of nitrogens with one attached hydrogen (secondary N) is 2. The van der Waals surface area contributed by atoms with E-state index in [-0.39, 0.29) is 5.82 Å². The van der Waals surface area contributed by atoms with E-state index in [1.165, 1.54) is 17.7 Å².